The van der Waals surface area contributed by atoms with E-state index in [1.165, 1.54) is 6.07 Å². The summed E-state index contributed by atoms with van der Waals surface area (Å²) in [6.45, 7) is 4.87. The predicted octanol–water partition coefficient (Wildman–Crippen LogP) is 3.74. The number of nitrogens with one attached hydrogen (secondary N) is 2. The van der Waals surface area contributed by atoms with Crippen molar-refractivity contribution in [2.75, 3.05) is 19.7 Å². The summed E-state index contributed by atoms with van der Waals surface area (Å²) >= 11 is 0. The predicted molar refractivity (Wildman–Crippen MR) is 107 cm³/mol. The Morgan fingerprint density at radius 1 is 1.34 bits per heavy atom. The Hall–Kier alpha value is -2.66. The number of benzene rings is 1. The molecule has 3 heterocycles. The molecule has 0 spiro atoms. The molecule has 1 aromatic heterocycles. The zero-order valence-corrected chi connectivity index (χ0v) is 17.9. The lowest BCUT2D eigenvalue weighted by Gasteiger charge is -2.43. The molecule has 2 aromatic rings. The minimum absolute atomic E-state index is 0.121. The molecule has 2 atom stereocenters. The number of halogens is 3. The number of nitrogens with zero attached hydrogens (tertiary/aromatic N) is 3. The van der Waals surface area contributed by atoms with Gasteiger partial charge in [-0.2, -0.15) is 18.3 Å². The van der Waals surface area contributed by atoms with Crippen LogP contribution in [-0.4, -0.2) is 51.4 Å². The van der Waals surface area contributed by atoms with Gasteiger partial charge in [0.25, 0.3) is 0 Å². The standard InChI is InChI=1S/C21H26F3N5O3/c1-20(2)12-29(11-16(32-20)13-5-3-6-14(9-13)21(22,23)24)19(30)25-10-17-26-18(28-27-17)15-7-4-8-31-15/h3,5-6,9,15-16H,4,7-8,10-12H2,1-2H3,(H,25,30)(H,26,27,28). The molecule has 2 aliphatic rings. The number of alkyl halides is 3. The first-order chi connectivity index (χ1) is 15.1. The third-order valence-electron chi connectivity index (χ3n) is 5.47. The van der Waals surface area contributed by atoms with E-state index >= 15 is 0 Å². The van der Waals surface area contributed by atoms with Gasteiger partial charge in [0, 0.05) is 6.61 Å². The minimum atomic E-state index is -4.45. The monoisotopic (exact) mass is 453 g/mol. The number of amides is 2. The molecule has 8 nitrogen and oxygen atoms in total. The summed E-state index contributed by atoms with van der Waals surface area (Å²) in [6.07, 6.45) is -3.42. The number of morpholine rings is 1. The molecular weight excluding hydrogens is 427 g/mol. The Labute approximate surface area is 183 Å². The summed E-state index contributed by atoms with van der Waals surface area (Å²) in [5, 5.41) is 9.76. The normalized spacial score (nSPS) is 23.3. The summed E-state index contributed by atoms with van der Waals surface area (Å²) in [5.74, 6) is 1.08. The van der Waals surface area contributed by atoms with Crippen LogP contribution in [0.15, 0.2) is 24.3 Å². The quantitative estimate of drug-likeness (QED) is 0.736. The molecule has 11 heteroatoms. The van der Waals surface area contributed by atoms with E-state index in [0.29, 0.717) is 30.4 Å². The molecule has 2 amide bonds. The average molecular weight is 453 g/mol. The van der Waals surface area contributed by atoms with Crippen molar-refractivity contribution in [1.82, 2.24) is 25.4 Å². The first-order valence-corrected chi connectivity index (χ1v) is 10.5. The van der Waals surface area contributed by atoms with Gasteiger partial charge >= 0.3 is 12.2 Å². The van der Waals surface area contributed by atoms with E-state index in [9.17, 15) is 18.0 Å². The largest absolute Gasteiger partial charge is 0.416 e. The second kappa shape index (κ2) is 8.70. The molecule has 2 saturated heterocycles. The fourth-order valence-electron chi connectivity index (χ4n) is 4.01. The minimum Gasteiger partial charge on any atom is -0.370 e. The van der Waals surface area contributed by atoms with E-state index in [2.05, 4.69) is 20.5 Å². The molecule has 4 rings (SSSR count). The van der Waals surface area contributed by atoms with Crippen LogP contribution in [0.5, 0.6) is 0 Å². The van der Waals surface area contributed by atoms with Crippen LogP contribution in [0, 0.1) is 0 Å². The van der Waals surface area contributed by atoms with Gasteiger partial charge in [-0.05, 0) is 44.4 Å². The first-order valence-electron chi connectivity index (χ1n) is 10.5. The average Bonchev–Trinajstić information content (AvgIpc) is 3.42. The van der Waals surface area contributed by atoms with E-state index in [4.69, 9.17) is 9.47 Å². The summed E-state index contributed by atoms with van der Waals surface area (Å²) in [4.78, 5) is 18.7. The second-order valence-electron chi connectivity index (χ2n) is 8.67. The van der Waals surface area contributed by atoms with Gasteiger partial charge < -0.3 is 19.7 Å². The fraction of sp³-hybridized carbons (Fsp3) is 0.571. The molecule has 0 bridgehead atoms. The fourth-order valence-corrected chi connectivity index (χ4v) is 4.01. The molecular formula is C21H26F3N5O3. The third-order valence-corrected chi connectivity index (χ3v) is 5.47. The van der Waals surface area contributed by atoms with Crippen molar-refractivity contribution in [3.05, 3.63) is 47.0 Å². The second-order valence-corrected chi connectivity index (χ2v) is 8.67. The molecule has 1 aromatic carbocycles. The third kappa shape index (κ3) is 5.21. The zero-order chi connectivity index (χ0) is 22.9. The zero-order valence-electron chi connectivity index (χ0n) is 17.9. The van der Waals surface area contributed by atoms with E-state index in [0.717, 1.165) is 25.0 Å². The molecule has 2 N–H and O–H groups in total. The van der Waals surface area contributed by atoms with Gasteiger partial charge in [0.15, 0.2) is 5.82 Å². The van der Waals surface area contributed by atoms with Crippen LogP contribution in [0.25, 0.3) is 0 Å². The van der Waals surface area contributed by atoms with Crippen LogP contribution in [0.4, 0.5) is 18.0 Å². The van der Waals surface area contributed by atoms with Gasteiger partial charge in [-0.1, -0.05) is 12.1 Å². The summed E-state index contributed by atoms with van der Waals surface area (Å²) < 4.78 is 50.9. The topological polar surface area (TPSA) is 92.4 Å². The summed E-state index contributed by atoms with van der Waals surface area (Å²) in [5.41, 5.74) is -1.10. The number of urea groups is 1. The molecule has 0 saturated carbocycles. The van der Waals surface area contributed by atoms with Crippen molar-refractivity contribution in [2.45, 2.75) is 57.2 Å². The highest BCUT2D eigenvalue weighted by Crippen LogP contribution is 2.35. The van der Waals surface area contributed by atoms with Crippen molar-refractivity contribution in [3.63, 3.8) is 0 Å². The van der Waals surface area contributed by atoms with E-state index in [-0.39, 0.29) is 25.2 Å². The van der Waals surface area contributed by atoms with Crippen molar-refractivity contribution in [1.29, 1.82) is 0 Å². The van der Waals surface area contributed by atoms with Gasteiger partial charge in [-0.3, -0.25) is 5.10 Å². The number of hydrogen-bond acceptors (Lipinski definition) is 5. The lowest BCUT2D eigenvalue weighted by atomic mass is 10.00. The number of carbonyl (C=O) groups is 1. The Morgan fingerprint density at radius 3 is 2.88 bits per heavy atom. The van der Waals surface area contributed by atoms with Crippen LogP contribution in [0.2, 0.25) is 0 Å². The van der Waals surface area contributed by atoms with Crippen molar-refractivity contribution in [2.24, 2.45) is 0 Å². The van der Waals surface area contributed by atoms with Crippen LogP contribution in [0.3, 0.4) is 0 Å². The number of rotatable bonds is 4. The molecule has 2 aliphatic heterocycles. The highest BCUT2D eigenvalue weighted by Gasteiger charge is 2.38. The molecule has 0 aliphatic carbocycles. The maximum atomic E-state index is 13.1. The number of carbonyl (C=O) groups excluding carboxylic acids is 1. The number of aromatic nitrogens is 3. The van der Waals surface area contributed by atoms with Crippen LogP contribution < -0.4 is 5.32 Å². The van der Waals surface area contributed by atoms with Crippen molar-refractivity contribution in [3.8, 4) is 0 Å². The molecule has 0 radical (unpaired) electrons. The maximum Gasteiger partial charge on any atom is 0.416 e. The van der Waals surface area contributed by atoms with Crippen molar-refractivity contribution >= 4 is 6.03 Å². The maximum absolute atomic E-state index is 13.1. The van der Waals surface area contributed by atoms with Crippen LogP contribution >= 0.6 is 0 Å². The Morgan fingerprint density at radius 2 is 2.16 bits per heavy atom. The Kier molecular flexibility index (Phi) is 6.13. The summed E-state index contributed by atoms with van der Waals surface area (Å²) in [7, 11) is 0. The van der Waals surface area contributed by atoms with Gasteiger partial charge in [-0.25, -0.2) is 9.78 Å². The lowest BCUT2D eigenvalue weighted by molar-refractivity contribution is -0.138. The van der Waals surface area contributed by atoms with E-state index in [1.54, 1.807) is 24.8 Å². The lowest BCUT2D eigenvalue weighted by Crippen LogP contribution is -2.54. The summed E-state index contributed by atoms with van der Waals surface area (Å²) in [6, 6.07) is 4.67. The smallest absolute Gasteiger partial charge is 0.370 e. The Balaban J connectivity index is 1.41. The number of hydrogen-bond donors (Lipinski definition) is 2. The molecule has 2 fully saturated rings. The SMILES string of the molecule is CC1(C)CN(C(=O)NCc2nc(C3CCCO3)n[nH]2)CC(c2cccc(C(F)(F)F)c2)O1. The molecule has 2 unspecified atom stereocenters. The van der Waals surface area contributed by atoms with Gasteiger partial charge in [0.2, 0.25) is 0 Å². The van der Waals surface area contributed by atoms with Gasteiger partial charge in [0.05, 0.1) is 30.8 Å². The number of ether oxygens (including phenoxy) is 2. The van der Waals surface area contributed by atoms with E-state index in [1.807, 2.05) is 0 Å². The van der Waals surface area contributed by atoms with Gasteiger partial charge in [-0.15, -0.1) is 0 Å². The first kappa shape index (κ1) is 22.5. The van der Waals surface area contributed by atoms with Crippen LogP contribution in [0.1, 0.15) is 61.7 Å². The molecule has 174 valence electrons. The van der Waals surface area contributed by atoms with Gasteiger partial charge in [0.1, 0.15) is 18.0 Å². The molecule has 32 heavy (non-hydrogen) atoms. The number of H-pyrrole nitrogens is 1. The highest BCUT2D eigenvalue weighted by atomic mass is 19.4. The number of aromatic amines is 1. The van der Waals surface area contributed by atoms with Crippen LogP contribution in [-0.2, 0) is 22.2 Å². The Bertz CT molecular complexity index is 956. The van der Waals surface area contributed by atoms with Crippen molar-refractivity contribution < 1.29 is 27.4 Å². The highest BCUT2D eigenvalue weighted by molar-refractivity contribution is 5.74. The van der Waals surface area contributed by atoms with E-state index < -0.39 is 23.4 Å².